The first-order valence-corrected chi connectivity index (χ1v) is 8.14. The standard InChI is InChI=1S/C13H14BrClN2OS/c1-3-4-9(14)12(18)17-13-16-11-7(2)5-8(15)6-10(11)19-13/h5-6,9H,3-4H2,1-2H3,(H,16,17,18)/t9-/m1/s1. The fourth-order valence-electron chi connectivity index (χ4n) is 1.78. The molecule has 2 aromatic rings. The van der Waals surface area contributed by atoms with Crippen LogP contribution >= 0.6 is 38.9 Å². The van der Waals surface area contributed by atoms with Crippen LogP contribution in [0.4, 0.5) is 5.13 Å². The molecule has 1 aromatic heterocycles. The highest BCUT2D eigenvalue weighted by molar-refractivity contribution is 9.10. The van der Waals surface area contributed by atoms with Gasteiger partial charge in [0.1, 0.15) is 0 Å². The summed E-state index contributed by atoms with van der Waals surface area (Å²) >= 11 is 10.8. The highest BCUT2D eigenvalue weighted by atomic mass is 79.9. The molecule has 0 aliphatic carbocycles. The summed E-state index contributed by atoms with van der Waals surface area (Å²) in [4.78, 5) is 16.2. The topological polar surface area (TPSA) is 42.0 Å². The van der Waals surface area contributed by atoms with Crippen LogP contribution in [-0.2, 0) is 4.79 Å². The number of aryl methyl sites for hydroxylation is 1. The number of aromatic nitrogens is 1. The van der Waals surface area contributed by atoms with E-state index >= 15 is 0 Å². The molecule has 1 aromatic carbocycles. The Balaban J connectivity index is 2.22. The van der Waals surface area contributed by atoms with E-state index in [1.165, 1.54) is 11.3 Å². The second-order valence-corrected chi connectivity index (χ2v) is 6.91. The molecule has 0 aliphatic heterocycles. The Bertz CT molecular complexity index is 614. The van der Waals surface area contributed by atoms with Gasteiger partial charge in [-0.15, -0.1) is 0 Å². The largest absolute Gasteiger partial charge is 0.301 e. The minimum atomic E-state index is -0.172. The average molecular weight is 362 g/mol. The van der Waals surface area contributed by atoms with Crippen molar-refractivity contribution in [1.29, 1.82) is 0 Å². The fraction of sp³-hybridized carbons (Fsp3) is 0.385. The van der Waals surface area contributed by atoms with E-state index in [2.05, 4.69) is 26.2 Å². The summed E-state index contributed by atoms with van der Waals surface area (Å²) in [5.74, 6) is -0.0512. The van der Waals surface area contributed by atoms with Gasteiger partial charge in [-0.2, -0.15) is 0 Å². The number of fused-ring (bicyclic) bond motifs is 1. The van der Waals surface area contributed by atoms with Gasteiger partial charge in [0.15, 0.2) is 5.13 Å². The first-order valence-electron chi connectivity index (χ1n) is 6.03. The van der Waals surface area contributed by atoms with Crippen LogP contribution < -0.4 is 5.32 Å². The predicted molar refractivity (Wildman–Crippen MR) is 85.6 cm³/mol. The van der Waals surface area contributed by atoms with E-state index in [0.717, 1.165) is 28.6 Å². The predicted octanol–water partition coefficient (Wildman–Crippen LogP) is 4.76. The lowest BCUT2D eigenvalue weighted by molar-refractivity contribution is -0.115. The van der Waals surface area contributed by atoms with Gasteiger partial charge in [0.2, 0.25) is 5.91 Å². The molecule has 2 rings (SSSR count). The van der Waals surface area contributed by atoms with Crippen molar-refractivity contribution >= 4 is 60.1 Å². The van der Waals surface area contributed by atoms with Gasteiger partial charge in [0.05, 0.1) is 15.0 Å². The SMILES string of the molecule is CCC[C@@H](Br)C(=O)Nc1nc2c(C)cc(Cl)cc2s1. The molecule has 0 spiro atoms. The van der Waals surface area contributed by atoms with Crippen LogP contribution in [0, 0.1) is 6.92 Å². The number of carbonyl (C=O) groups is 1. The number of carbonyl (C=O) groups excluding carboxylic acids is 1. The van der Waals surface area contributed by atoms with Crippen LogP contribution in [0.15, 0.2) is 12.1 Å². The molecule has 0 aliphatic rings. The number of halogens is 2. The Kier molecular flexibility index (Phi) is 4.81. The van der Waals surface area contributed by atoms with Gasteiger partial charge >= 0.3 is 0 Å². The summed E-state index contributed by atoms with van der Waals surface area (Å²) in [6.07, 6.45) is 1.76. The van der Waals surface area contributed by atoms with E-state index in [4.69, 9.17) is 11.6 Å². The smallest absolute Gasteiger partial charge is 0.239 e. The summed E-state index contributed by atoms with van der Waals surface area (Å²) in [5.41, 5.74) is 1.91. The Morgan fingerprint density at radius 1 is 1.58 bits per heavy atom. The Morgan fingerprint density at radius 3 is 3.00 bits per heavy atom. The number of benzene rings is 1. The van der Waals surface area contributed by atoms with Crippen LogP contribution in [0.25, 0.3) is 10.2 Å². The number of amides is 1. The zero-order chi connectivity index (χ0) is 14.0. The van der Waals surface area contributed by atoms with Gasteiger partial charge in [-0.25, -0.2) is 4.98 Å². The molecule has 6 heteroatoms. The van der Waals surface area contributed by atoms with Gasteiger partial charge in [-0.05, 0) is 31.0 Å². The molecule has 1 N–H and O–H groups in total. The third-order valence-electron chi connectivity index (χ3n) is 2.71. The van der Waals surface area contributed by atoms with Crippen molar-refractivity contribution in [3.8, 4) is 0 Å². The number of thiazole rings is 1. The minimum Gasteiger partial charge on any atom is -0.301 e. The number of hydrogen-bond donors (Lipinski definition) is 1. The highest BCUT2D eigenvalue weighted by Gasteiger charge is 2.16. The molecule has 0 saturated carbocycles. The van der Waals surface area contributed by atoms with Crippen LogP contribution in [-0.4, -0.2) is 15.7 Å². The number of rotatable bonds is 4. The van der Waals surface area contributed by atoms with Crippen molar-refractivity contribution in [2.24, 2.45) is 0 Å². The summed E-state index contributed by atoms with van der Waals surface area (Å²) < 4.78 is 0.988. The fourth-order valence-corrected chi connectivity index (χ4v) is 3.67. The van der Waals surface area contributed by atoms with E-state index in [9.17, 15) is 4.79 Å². The molecule has 102 valence electrons. The Labute approximate surface area is 129 Å². The molecule has 3 nitrogen and oxygen atoms in total. The quantitative estimate of drug-likeness (QED) is 0.798. The van der Waals surface area contributed by atoms with Crippen molar-refractivity contribution in [3.05, 3.63) is 22.7 Å². The van der Waals surface area contributed by atoms with E-state index in [1.807, 2.05) is 26.0 Å². The van der Waals surface area contributed by atoms with Gasteiger partial charge in [0.25, 0.3) is 0 Å². The number of hydrogen-bond acceptors (Lipinski definition) is 3. The van der Waals surface area contributed by atoms with Gasteiger partial charge in [-0.3, -0.25) is 4.79 Å². The van der Waals surface area contributed by atoms with Crippen LogP contribution in [0.2, 0.25) is 5.02 Å². The van der Waals surface area contributed by atoms with E-state index in [-0.39, 0.29) is 10.7 Å². The summed E-state index contributed by atoms with van der Waals surface area (Å²) in [7, 11) is 0. The molecule has 1 amide bonds. The zero-order valence-electron chi connectivity index (χ0n) is 10.7. The Hall–Kier alpha value is -0.650. The second-order valence-electron chi connectivity index (χ2n) is 4.33. The maximum absolute atomic E-state index is 11.9. The molecule has 0 radical (unpaired) electrons. The van der Waals surface area contributed by atoms with E-state index < -0.39 is 0 Å². The number of alkyl halides is 1. The first kappa shape index (κ1) is 14.8. The van der Waals surface area contributed by atoms with Crippen LogP contribution in [0.5, 0.6) is 0 Å². The molecule has 0 saturated heterocycles. The molecule has 1 heterocycles. The van der Waals surface area contributed by atoms with Crippen molar-refractivity contribution in [2.75, 3.05) is 5.32 Å². The monoisotopic (exact) mass is 360 g/mol. The normalized spacial score (nSPS) is 12.6. The van der Waals surface area contributed by atoms with Crippen molar-refractivity contribution in [3.63, 3.8) is 0 Å². The highest BCUT2D eigenvalue weighted by Crippen LogP contribution is 2.31. The Morgan fingerprint density at radius 2 is 2.32 bits per heavy atom. The minimum absolute atomic E-state index is 0.0512. The van der Waals surface area contributed by atoms with Crippen LogP contribution in [0.1, 0.15) is 25.3 Å². The number of anilines is 1. The molecule has 0 unspecified atom stereocenters. The van der Waals surface area contributed by atoms with Crippen molar-refractivity contribution in [2.45, 2.75) is 31.5 Å². The van der Waals surface area contributed by atoms with Gasteiger partial charge < -0.3 is 5.32 Å². The molecular formula is C13H14BrClN2OS. The lowest BCUT2D eigenvalue weighted by Gasteiger charge is -2.06. The maximum atomic E-state index is 11.9. The van der Waals surface area contributed by atoms with Crippen molar-refractivity contribution in [1.82, 2.24) is 4.98 Å². The van der Waals surface area contributed by atoms with Gasteiger partial charge in [-0.1, -0.05) is 52.2 Å². The molecule has 0 bridgehead atoms. The van der Waals surface area contributed by atoms with E-state index in [1.54, 1.807) is 0 Å². The summed E-state index contributed by atoms with van der Waals surface area (Å²) in [6, 6.07) is 3.74. The molecule has 1 atom stereocenters. The third-order valence-corrected chi connectivity index (χ3v) is 4.72. The maximum Gasteiger partial charge on any atom is 0.239 e. The van der Waals surface area contributed by atoms with Gasteiger partial charge in [0, 0.05) is 5.02 Å². The molecule has 19 heavy (non-hydrogen) atoms. The number of nitrogens with one attached hydrogen (secondary N) is 1. The number of nitrogens with zero attached hydrogens (tertiary/aromatic N) is 1. The average Bonchev–Trinajstić information content (AvgIpc) is 2.72. The summed E-state index contributed by atoms with van der Waals surface area (Å²) in [6.45, 7) is 4.01. The second kappa shape index (κ2) is 6.20. The summed E-state index contributed by atoms with van der Waals surface area (Å²) in [5, 5.41) is 4.15. The molecule has 0 fully saturated rings. The lowest BCUT2D eigenvalue weighted by atomic mass is 10.2. The van der Waals surface area contributed by atoms with Crippen molar-refractivity contribution < 1.29 is 4.79 Å². The first-order chi connectivity index (χ1) is 9.01. The molecular weight excluding hydrogens is 348 g/mol. The third kappa shape index (κ3) is 3.46. The van der Waals surface area contributed by atoms with Crippen LogP contribution in [0.3, 0.4) is 0 Å². The zero-order valence-corrected chi connectivity index (χ0v) is 13.8. The lowest BCUT2D eigenvalue weighted by Crippen LogP contribution is -2.22. The van der Waals surface area contributed by atoms with E-state index in [0.29, 0.717) is 10.2 Å².